The van der Waals surface area contributed by atoms with Crippen LogP contribution in [0.1, 0.15) is 11.1 Å². The molecule has 1 aliphatic rings. The summed E-state index contributed by atoms with van der Waals surface area (Å²) in [5.41, 5.74) is 2.56. The summed E-state index contributed by atoms with van der Waals surface area (Å²) < 4.78 is 40.1. The van der Waals surface area contributed by atoms with Gasteiger partial charge in [0, 0.05) is 31.9 Å². The van der Waals surface area contributed by atoms with Crippen LogP contribution in [0.3, 0.4) is 0 Å². The highest BCUT2D eigenvalue weighted by Crippen LogP contribution is 2.23. The Labute approximate surface area is 191 Å². The van der Waals surface area contributed by atoms with Crippen molar-refractivity contribution in [3.63, 3.8) is 0 Å². The molecule has 1 heterocycles. The van der Waals surface area contributed by atoms with E-state index in [1.807, 2.05) is 26.0 Å². The second-order valence-electron chi connectivity index (χ2n) is 7.58. The Morgan fingerprint density at radius 3 is 2.38 bits per heavy atom. The van der Waals surface area contributed by atoms with Gasteiger partial charge in [-0.3, -0.25) is 15.0 Å². The maximum absolute atomic E-state index is 13.3. The average Bonchev–Trinajstić information content (AvgIpc) is 2.72. The van der Waals surface area contributed by atoms with Gasteiger partial charge >= 0.3 is 6.03 Å². The summed E-state index contributed by atoms with van der Waals surface area (Å²) in [6, 6.07) is 8.19. The van der Waals surface area contributed by atoms with Gasteiger partial charge < -0.3 is 5.32 Å². The lowest BCUT2D eigenvalue weighted by molar-refractivity contribution is -0.121. The van der Waals surface area contributed by atoms with Gasteiger partial charge in [0.15, 0.2) is 0 Å². The normalized spacial score (nSPS) is 15.4. The number of urea groups is 1. The van der Waals surface area contributed by atoms with Crippen LogP contribution < -0.4 is 10.6 Å². The van der Waals surface area contributed by atoms with Crippen LogP contribution in [0, 0.1) is 19.7 Å². The topological polar surface area (TPSA) is 98.8 Å². The lowest BCUT2D eigenvalue weighted by atomic mass is 10.1. The third-order valence-electron chi connectivity index (χ3n) is 5.11. The molecule has 32 heavy (non-hydrogen) atoms. The molecule has 0 aromatic heterocycles. The molecule has 11 heteroatoms. The van der Waals surface area contributed by atoms with Gasteiger partial charge in [0.25, 0.3) is 0 Å². The quantitative estimate of drug-likeness (QED) is 0.682. The molecule has 0 radical (unpaired) electrons. The van der Waals surface area contributed by atoms with Gasteiger partial charge in [-0.05, 0) is 43.7 Å². The second-order valence-corrected chi connectivity index (χ2v) is 9.92. The minimum absolute atomic E-state index is 0.0451. The molecule has 0 saturated carbocycles. The fourth-order valence-corrected chi connectivity index (χ4v) is 5.09. The molecule has 8 nitrogen and oxygen atoms in total. The van der Waals surface area contributed by atoms with Crippen molar-refractivity contribution in [2.45, 2.75) is 18.7 Å². The summed E-state index contributed by atoms with van der Waals surface area (Å²) in [6.07, 6.45) is 0. The first-order valence-electron chi connectivity index (χ1n) is 9.92. The largest absolute Gasteiger partial charge is 0.325 e. The first-order valence-corrected chi connectivity index (χ1v) is 11.7. The van der Waals surface area contributed by atoms with E-state index < -0.39 is 27.8 Å². The molecule has 1 saturated heterocycles. The molecule has 0 aliphatic carbocycles. The second kappa shape index (κ2) is 9.95. The molecular formula is C21H24ClFN4O4S. The van der Waals surface area contributed by atoms with E-state index in [9.17, 15) is 22.4 Å². The van der Waals surface area contributed by atoms with E-state index in [2.05, 4.69) is 10.6 Å². The van der Waals surface area contributed by atoms with Crippen molar-refractivity contribution >= 4 is 39.2 Å². The highest BCUT2D eigenvalue weighted by Gasteiger charge is 2.29. The van der Waals surface area contributed by atoms with Crippen LogP contribution in [0.2, 0.25) is 5.02 Å². The molecule has 0 unspecified atom stereocenters. The van der Waals surface area contributed by atoms with Gasteiger partial charge in [-0.25, -0.2) is 17.6 Å². The van der Waals surface area contributed by atoms with Crippen LogP contribution in [0.4, 0.5) is 14.9 Å². The molecule has 3 amide bonds. The van der Waals surface area contributed by atoms with Crippen LogP contribution in [0.5, 0.6) is 0 Å². The number of nitrogens with zero attached hydrogens (tertiary/aromatic N) is 2. The standard InChI is InChI=1S/C21H24ClFN4O4S/c1-14-3-6-19(15(2)11-14)24-21(29)25-20(28)13-26-7-9-27(10-8-26)32(30,31)16-4-5-18(23)17(22)12-16/h3-6,11-12H,7-10,13H2,1-2H3,(H2,24,25,28,29). The predicted octanol–water partition coefficient (Wildman–Crippen LogP) is 2.75. The molecule has 172 valence electrons. The van der Waals surface area contributed by atoms with Crippen molar-refractivity contribution in [1.29, 1.82) is 0 Å². The number of hydrogen-bond donors (Lipinski definition) is 2. The molecule has 1 aliphatic heterocycles. The Morgan fingerprint density at radius 1 is 1.06 bits per heavy atom. The number of piperazine rings is 1. The summed E-state index contributed by atoms with van der Waals surface area (Å²) >= 11 is 5.70. The van der Waals surface area contributed by atoms with Crippen molar-refractivity contribution < 1.29 is 22.4 Å². The molecule has 2 aromatic carbocycles. The highest BCUT2D eigenvalue weighted by atomic mass is 35.5. The summed E-state index contributed by atoms with van der Waals surface area (Å²) in [7, 11) is -3.82. The van der Waals surface area contributed by atoms with Gasteiger partial charge in [-0.2, -0.15) is 4.31 Å². The molecule has 0 bridgehead atoms. The van der Waals surface area contributed by atoms with Crippen LogP contribution in [0.15, 0.2) is 41.3 Å². The number of hydrogen-bond acceptors (Lipinski definition) is 5. The summed E-state index contributed by atoms with van der Waals surface area (Å²) in [5.74, 6) is -1.18. The minimum atomic E-state index is -3.82. The Bertz CT molecular complexity index is 1130. The monoisotopic (exact) mass is 482 g/mol. The SMILES string of the molecule is Cc1ccc(NC(=O)NC(=O)CN2CCN(S(=O)(=O)c3ccc(F)c(Cl)c3)CC2)c(C)c1. The van der Waals surface area contributed by atoms with Crippen LogP contribution in [0.25, 0.3) is 0 Å². The van der Waals surface area contributed by atoms with Gasteiger partial charge in [-0.15, -0.1) is 0 Å². The number of carbonyl (C=O) groups excluding carboxylic acids is 2. The van der Waals surface area contributed by atoms with E-state index in [0.717, 1.165) is 23.3 Å². The molecular weight excluding hydrogens is 459 g/mol. The van der Waals surface area contributed by atoms with E-state index in [0.29, 0.717) is 18.8 Å². The van der Waals surface area contributed by atoms with Gasteiger partial charge in [0.1, 0.15) is 5.82 Å². The summed E-state index contributed by atoms with van der Waals surface area (Å²) in [6.45, 7) is 4.67. The number of anilines is 1. The Morgan fingerprint density at radius 2 is 1.75 bits per heavy atom. The zero-order chi connectivity index (χ0) is 23.5. The number of halogens is 2. The van der Waals surface area contributed by atoms with Crippen molar-refractivity contribution in [3.05, 3.63) is 58.4 Å². The molecule has 2 aromatic rings. The summed E-state index contributed by atoms with van der Waals surface area (Å²) in [4.78, 5) is 26.0. The lowest BCUT2D eigenvalue weighted by Crippen LogP contribution is -2.51. The third kappa shape index (κ3) is 5.83. The number of imide groups is 1. The molecule has 0 atom stereocenters. The van der Waals surface area contributed by atoms with E-state index in [-0.39, 0.29) is 29.6 Å². The van der Waals surface area contributed by atoms with E-state index in [1.54, 1.807) is 11.0 Å². The highest BCUT2D eigenvalue weighted by molar-refractivity contribution is 7.89. The zero-order valence-electron chi connectivity index (χ0n) is 17.7. The fraction of sp³-hybridized carbons (Fsp3) is 0.333. The fourth-order valence-electron chi connectivity index (χ4n) is 3.39. The molecule has 2 N–H and O–H groups in total. The molecule has 1 fully saturated rings. The van der Waals surface area contributed by atoms with E-state index in [4.69, 9.17) is 11.6 Å². The van der Waals surface area contributed by atoms with Crippen molar-refractivity contribution in [2.24, 2.45) is 0 Å². The number of carbonyl (C=O) groups is 2. The Kier molecular flexibility index (Phi) is 7.50. The Hall–Kier alpha value is -2.53. The van der Waals surface area contributed by atoms with Crippen LogP contribution >= 0.6 is 11.6 Å². The molecule has 3 rings (SSSR count). The van der Waals surface area contributed by atoms with Gasteiger partial charge in [-0.1, -0.05) is 29.3 Å². The lowest BCUT2D eigenvalue weighted by Gasteiger charge is -2.33. The zero-order valence-corrected chi connectivity index (χ0v) is 19.3. The summed E-state index contributed by atoms with van der Waals surface area (Å²) in [5, 5.41) is 4.67. The minimum Gasteiger partial charge on any atom is -0.307 e. The predicted molar refractivity (Wildman–Crippen MR) is 120 cm³/mol. The number of rotatable bonds is 5. The van der Waals surface area contributed by atoms with Crippen LogP contribution in [-0.4, -0.2) is 62.3 Å². The number of sulfonamides is 1. The van der Waals surface area contributed by atoms with Gasteiger partial charge in [0.05, 0.1) is 16.5 Å². The first-order chi connectivity index (χ1) is 15.1. The van der Waals surface area contributed by atoms with E-state index in [1.165, 1.54) is 10.4 Å². The first kappa shape index (κ1) is 24.1. The smallest absolute Gasteiger partial charge is 0.307 e. The number of amides is 3. The maximum atomic E-state index is 13.3. The number of benzene rings is 2. The van der Waals surface area contributed by atoms with Crippen LogP contribution in [-0.2, 0) is 14.8 Å². The third-order valence-corrected chi connectivity index (χ3v) is 7.29. The van der Waals surface area contributed by atoms with Gasteiger partial charge in [0.2, 0.25) is 15.9 Å². The molecule has 0 spiro atoms. The maximum Gasteiger partial charge on any atom is 0.325 e. The Balaban J connectivity index is 1.50. The van der Waals surface area contributed by atoms with Crippen molar-refractivity contribution in [1.82, 2.24) is 14.5 Å². The average molecular weight is 483 g/mol. The number of nitrogens with one attached hydrogen (secondary N) is 2. The van der Waals surface area contributed by atoms with Crippen molar-refractivity contribution in [2.75, 3.05) is 38.0 Å². The van der Waals surface area contributed by atoms with Crippen molar-refractivity contribution in [3.8, 4) is 0 Å². The van der Waals surface area contributed by atoms with E-state index >= 15 is 0 Å². The number of aryl methyl sites for hydroxylation is 2.